The number of anilines is 1. The molecule has 0 aliphatic carbocycles. The topological polar surface area (TPSA) is 37.3 Å². The number of likely N-dealkylation sites (N-methyl/N-ethyl adjacent to an activating group) is 1. The highest BCUT2D eigenvalue weighted by Crippen LogP contribution is 2.30. The van der Waals surface area contributed by atoms with E-state index in [1.54, 1.807) is 44.1 Å². The average Bonchev–Trinajstić information content (AvgIpc) is 3.05. The lowest BCUT2D eigenvalue weighted by molar-refractivity contribution is -0.137. The third-order valence-electron chi connectivity index (χ3n) is 4.66. The van der Waals surface area contributed by atoms with E-state index in [1.807, 2.05) is 29.0 Å². The van der Waals surface area contributed by atoms with Crippen LogP contribution in [-0.4, -0.2) is 29.5 Å². The van der Waals surface area contributed by atoms with Crippen LogP contribution in [0.3, 0.4) is 0 Å². The Labute approximate surface area is 167 Å². The monoisotopic (exact) mass is 401 g/mol. The Bertz CT molecular complexity index is 1060. The van der Waals surface area contributed by atoms with E-state index in [0.29, 0.717) is 23.5 Å². The summed E-state index contributed by atoms with van der Waals surface area (Å²) >= 11 is 0. The molecular weight excluding hydrogens is 379 g/mol. The van der Waals surface area contributed by atoms with E-state index in [-0.39, 0.29) is 5.91 Å². The first-order valence-corrected chi connectivity index (χ1v) is 9.09. The van der Waals surface area contributed by atoms with E-state index in [0.717, 1.165) is 23.0 Å². The first kappa shape index (κ1) is 20.5. The Balaban J connectivity index is 1.90. The second-order valence-corrected chi connectivity index (χ2v) is 6.90. The number of nitrogens with one attached hydrogen (secondary N) is 1. The number of nitrogens with zero attached hydrogens (tertiary/aromatic N) is 2. The zero-order valence-corrected chi connectivity index (χ0v) is 16.4. The number of carbonyl (C=O) groups is 1. The minimum absolute atomic E-state index is 0.226. The Morgan fingerprint density at radius 3 is 2.52 bits per heavy atom. The van der Waals surface area contributed by atoms with E-state index in [2.05, 4.69) is 5.32 Å². The Morgan fingerprint density at radius 2 is 1.86 bits per heavy atom. The van der Waals surface area contributed by atoms with Crippen molar-refractivity contribution in [3.05, 3.63) is 77.6 Å². The van der Waals surface area contributed by atoms with Gasteiger partial charge in [-0.3, -0.25) is 4.79 Å². The second-order valence-electron chi connectivity index (χ2n) is 6.90. The standard InChI is InChI=1S/C22H22F3N3O/c1-4-19(27(2)3)21(29)26-18-9-6-10-20-17(18)11-12-28(20)14-15-7-5-8-16(13-15)22(23,24)25/h4-13H,14H2,1-3H3,(H,26,29). The number of fused-ring (bicyclic) bond motifs is 1. The fraction of sp³-hybridized carbons (Fsp3) is 0.227. The molecule has 0 fully saturated rings. The van der Waals surface area contributed by atoms with Gasteiger partial charge in [0.15, 0.2) is 0 Å². The molecule has 7 heteroatoms. The molecule has 0 unspecified atom stereocenters. The van der Waals surface area contributed by atoms with Crippen molar-refractivity contribution >= 4 is 22.5 Å². The molecular formula is C22H22F3N3O. The van der Waals surface area contributed by atoms with Gasteiger partial charge in [-0.25, -0.2) is 0 Å². The number of benzene rings is 2. The number of rotatable bonds is 5. The molecule has 0 radical (unpaired) electrons. The first-order chi connectivity index (χ1) is 13.7. The van der Waals surface area contributed by atoms with Crippen molar-refractivity contribution in [2.75, 3.05) is 19.4 Å². The van der Waals surface area contributed by atoms with E-state index in [9.17, 15) is 18.0 Å². The summed E-state index contributed by atoms with van der Waals surface area (Å²) in [6.45, 7) is 2.09. The molecule has 0 saturated heterocycles. The van der Waals surface area contributed by atoms with Crippen LogP contribution in [0.2, 0.25) is 0 Å². The lowest BCUT2D eigenvalue weighted by atomic mass is 10.1. The molecule has 3 rings (SSSR count). The molecule has 0 bridgehead atoms. The summed E-state index contributed by atoms with van der Waals surface area (Å²) in [5, 5.41) is 3.73. The van der Waals surface area contributed by atoms with Crippen LogP contribution in [0.1, 0.15) is 18.1 Å². The second kappa shape index (κ2) is 8.03. The number of aromatic nitrogens is 1. The molecule has 0 aliphatic rings. The Hall–Kier alpha value is -3.22. The maximum absolute atomic E-state index is 13.0. The lowest BCUT2D eigenvalue weighted by Crippen LogP contribution is -2.24. The van der Waals surface area contributed by atoms with E-state index in [1.165, 1.54) is 6.07 Å². The molecule has 1 heterocycles. The fourth-order valence-electron chi connectivity index (χ4n) is 3.29. The SMILES string of the molecule is CC=C(C(=O)Nc1cccc2c1ccn2Cc1cccc(C(F)(F)F)c1)N(C)C. The van der Waals surface area contributed by atoms with Gasteiger partial charge in [0.25, 0.3) is 5.91 Å². The highest BCUT2D eigenvalue weighted by atomic mass is 19.4. The maximum Gasteiger partial charge on any atom is 0.416 e. The smallest absolute Gasteiger partial charge is 0.373 e. The van der Waals surface area contributed by atoms with Crippen molar-refractivity contribution in [2.24, 2.45) is 0 Å². The summed E-state index contributed by atoms with van der Waals surface area (Å²) in [5.74, 6) is -0.226. The first-order valence-electron chi connectivity index (χ1n) is 9.09. The van der Waals surface area contributed by atoms with Crippen LogP contribution in [0.15, 0.2) is 66.5 Å². The quantitative estimate of drug-likeness (QED) is 0.603. The van der Waals surface area contributed by atoms with Gasteiger partial charge in [0.1, 0.15) is 0 Å². The molecule has 152 valence electrons. The molecule has 1 amide bonds. The van der Waals surface area contributed by atoms with E-state index in [4.69, 9.17) is 0 Å². The summed E-state index contributed by atoms with van der Waals surface area (Å²) in [5.41, 5.74) is 1.89. The maximum atomic E-state index is 13.0. The number of hydrogen-bond acceptors (Lipinski definition) is 2. The summed E-state index contributed by atoms with van der Waals surface area (Å²) in [6, 6.07) is 12.6. The van der Waals surface area contributed by atoms with Crippen molar-refractivity contribution in [1.82, 2.24) is 9.47 Å². The van der Waals surface area contributed by atoms with Crippen LogP contribution < -0.4 is 5.32 Å². The minimum atomic E-state index is -4.37. The van der Waals surface area contributed by atoms with Crippen LogP contribution in [0.25, 0.3) is 10.9 Å². The van der Waals surface area contributed by atoms with Crippen LogP contribution in [0.5, 0.6) is 0 Å². The lowest BCUT2D eigenvalue weighted by Gasteiger charge is -2.17. The molecule has 4 nitrogen and oxygen atoms in total. The molecule has 3 aromatic rings. The molecule has 0 spiro atoms. The van der Waals surface area contributed by atoms with Crippen LogP contribution in [-0.2, 0) is 17.5 Å². The predicted octanol–water partition coefficient (Wildman–Crippen LogP) is 5.11. The zero-order valence-electron chi connectivity index (χ0n) is 16.4. The minimum Gasteiger partial charge on any atom is -0.373 e. The average molecular weight is 401 g/mol. The highest BCUT2D eigenvalue weighted by molar-refractivity contribution is 6.08. The normalized spacial score (nSPS) is 12.3. The van der Waals surface area contributed by atoms with Gasteiger partial charge in [-0.1, -0.05) is 24.3 Å². The van der Waals surface area contributed by atoms with Crippen molar-refractivity contribution in [3.63, 3.8) is 0 Å². The summed E-state index contributed by atoms with van der Waals surface area (Å²) < 4.78 is 40.8. The van der Waals surface area contributed by atoms with Crippen LogP contribution in [0.4, 0.5) is 18.9 Å². The molecule has 0 saturated carbocycles. The van der Waals surface area contributed by atoms with Gasteiger partial charge in [0.2, 0.25) is 0 Å². The van der Waals surface area contributed by atoms with Crippen molar-refractivity contribution in [1.29, 1.82) is 0 Å². The Kier molecular flexibility index (Phi) is 5.68. The van der Waals surface area contributed by atoms with Crippen LogP contribution >= 0.6 is 0 Å². The summed E-state index contributed by atoms with van der Waals surface area (Å²) in [4.78, 5) is 14.3. The van der Waals surface area contributed by atoms with Gasteiger partial charge in [-0.05, 0) is 42.8 Å². The van der Waals surface area contributed by atoms with Gasteiger partial charge in [0, 0.05) is 32.2 Å². The number of allylic oxidation sites excluding steroid dienone is 1. The largest absolute Gasteiger partial charge is 0.416 e. The van der Waals surface area contributed by atoms with Crippen LogP contribution in [0, 0.1) is 0 Å². The third kappa shape index (κ3) is 4.45. The van der Waals surface area contributed by atoms with Gasteiger partial charge >= 0.3 is 6.18 Å². The molecule has 0 atom stereocenters. The van der Waals surface area contributed by atoms with E-state index < -0.39 is 11.7 Å². The fourth-order valence-corrected chi connectivity index (χ4v) is 3.29. The number of alkyl halides is 3. The zero-order chi connectivity index (χ0) is 21.2. The van der Waals surface area contributed by atoms with Crippen molar-refractivity contribution < 1.29 is 18.0 Å². The van der Waals surface area contributed by atoms with Gasteiger partial charge in [-0.2, -0.15) is 13.2 Å². The molecule has 0 aliphatic heterocycles. The number of amides is 1. The van der Waals surface area contributed by atoms with Crippen molar-refractivity contribution in [2.45, 2.75) is 19.6 Å². The summed E-state index contributed by atoms with van der Waals surface area (Å²) in [6.07, 6.45) is -0.833. The van der Waals surface area contributed by atoms with Gasteiger partial charge < -0.3 is 14.8 Å². The molecule has 1 N–H and O–H groups in total. The third-order valence-corrected chi connectivity index (χ3v) is 4.66. The number of halogens is 3. The number of carbonyl (C=O) groups excluding carboxylic acids is 1. The highest BCUT2D eigenvalue weighted by Gasteiger charge is 2.30. The van der Waals surface area contributed by atoms with Gasteiger partial charge in [-0.15, -0.1) is 0 Å². The van der Waals surface area contributed by atoms with Crippen molar-refractivity contribution in [3.8, 4) is 0 Å². The molecule has 2 aromatic carbocycles. The number of hydrogen-bond donors (Lipinski definition) is 1. The predicted molar refractivity (Wildman–Crippen MR) is 109 cm³/mol. The molecule has 1 aromatic heterocycles. The van der Waals surface area contributed by atoms with E-state index >= 15 is 0 Å². The molecule has 29 heavy (non-hydrogen) atoms. The summed E-state index contributed by atoms with van der Waals surface area (Å²) in [7, 11) is 3.59. The Morgan fingerprint density at radius 1 is 1.14 bits per heavy atom. The van der Waals surface area contributed by atoms with Gasteiger partial charge in [0.05, 0.1) is 22.5 Å².